The van der Waals surface area contributed by atoms with Gasteiger partial charge in [-0.3, -0.25) is 0 Å². The molecule has 1 aliphatic heterocycles. The van der Waals surface area contributed by atoms with Gasteiger partial charge in [-0.25, -0.2) is 4.68 Å². The molecule has 18 heavy (non-hydrogen) atoms. The van der Waals surface area contributed by atoms with Crippen LogP contribution in [0.4, 0.5) is 0 Å². The summed E-state index contributed by atoms with van der Waals surface area (Å²) in [6, 6.07) is 0. The lowest BCUT2D eigenvalue weighted by Gasteiger charge is -2.24. The summed E-state index contributed by atoms with van der Waals surface area (Å²) in [6.07, 6.45) is 2.97. The Bertz CT molecular complexity index is 369. The fourth-order valence-electron chi connectivity index (χ4n) is 2.57. The van der Waals surface area contributed by atoms with Crippen LogP contribution in [0.3, 0.4) is 0 Å². The number of rotatable bonds is 5. The smallest absolute Gasteiger partial charge is 0.0874 e. The van der Waals surface area contributed by atoms with Gasteiger partial charge in [-0.15, -0.1) is 5.10 Å². The van der Waals surface area contributed by atoms with Crippen molar-refractivity contribution in [2.75, 3.05) is 19.8 Å². The van der Waals surface area contributed by atoms with Crippen LogP contribution >= 0.6 is 0 Å². The van der Waals surface area contributed by atoms with Crippen molar-refractivity contribution in [2.45, 2.75) is 45.6 Å². The van der Waals surface area contributed by atoms with Crippen molar-refractivity contribution >= 4 is 0 Å². The van der Waals surface area contributed by atoms with E-state index in [0.717, 1.165) is 44.7 Å². The first kappa shape index (κ1) is 13.5. The maximum Gasteiger partial charge on any atom is 0.0874 e. The molecule has 0 bridgehead atoms. The standard InChI is InChI=1S/C13H24N4O/c1-10(2)9-17-13(11-4-7-18-8-5-11)12(3-6-14)15-16-17/h10-11H,3-9,14H2,1-2H3. The topological polar surface area (TPSA) is 66.0 Å². The molecule has 0 radical (unpaired) electrons. The molecule has 1 aromatic rings. The third-order valence-corrected chi connectivity index (χ3v) is 3.37. The molecule has 0 saturated carbocycles. The lowest BCUT2D eigenvalue weighted by Crippen LogP contribution is -2.20. The fraction of sp³-hybridized carbons (Fsp3) is 0.846. The minimum atomic E-state index is 0.536. The van der Waals surface area contributed by atoms with Gasteiger partial charge in [-0.1, -0.05) is 19.1 Å². The van der Waals surface area contributed by atoms with Gasteiger partial charge in [0.1, 0.15) is 0 Å². The van der Waals surface area contributed by atoms with Gasteiger partial charge < -0.3 is 10.5 Å². The van der Waals surface area contributed by atoms with Crippen molar-refractivity contribution in [1.82, 2.24) is 15.0 Å². The summed E-state index contributed by atoms with van der Waals surface area (Å²) in [4.78, 5) is 0. The lowest BCUT2D eigenvalue weighted by atomic mass is 9.94. The van der Waals surface area contributed by atoms with Gasteiger partial charge in [0.25, 0.3) is 0 Å². The Labute approximate surface area is 109 Å². The van der Waals surface area contributed by atoms with Crippen molar-refractivity contribution in [3.8, 4) is 0 Å². The Hall–Kier alpha value is -0.940. The van der Waals surface area contributed by atoms with E-state index in [9.17, 15) is 0 Å². The van der Waals surface area contributed by atoms with Gasteiger partial charge >= 0.3 is 0 Å². The van der Waals surface area contributed by atoms with E-state index in [1.807, 2.05) is 0 Å². The first-order valence-corrected chi connectivity index (χ1v) is 6.92. The molecule has 0 aliphatic carbocycles. The lowest BCUT2D eigenvalue weighted by molar-refractivity contribution is 0.0831. The van der Waals surface area contributed by atoms with Crippen LogP contribution in [0.25, 0.3) is 0 Å². The van der Waals surface area contributed by atoms with E-state index in [0.29, 0.717) is 18.4 Å². The number of nitrogens with two attached hydrogens (primary N) is 1. The van der Waals surface area contributed by atoms with Crippen LogP contribution in [0.15, 0.2) is 0 Å². The SMILES string of the molecule is CC(C)Cn1nnc(CCN)c1C1CCOCC1. The average Bonchev–Trinajstić information content (AvgIpc) is 2.73. The molecule has 1 aromatic heterocycles. The molecule has 5 nitrogen and oxygen atoms in total. The number of nitrogens with zero attached hydrogens (tertiary/aromatic N) is 3. The monoisotopic (exact) mass is 252 g/mol. The van der Waals surface area contributed by atoms with Crippen LogP contribution in [-0.2, 0) is 17.7 Å². The molecule has 0 amide bonds. The zero-order valence-electron chi connectivity index (χ0n) is 11.4. The summed E-state index contributed by atoms with van der Waals surface area (Å²) in [6.45, 7) is 7.68. The number of hydrogen-bond acceptors (Lipinski definition) is 4. The zero-order chi connectivity index (χ0) is 13.0. The van der Waals surface area contributed by atoms with Crippen molar-refractivity contribution < 1.29 is 4.74 Å². The highest BCUT2D eigenvalue weighted by Crippen LogP contribution is 2.29. The first-order chi connectivity index (χ1) is 8.72. The quantitative estimate of drug-likeness (QED) is 0.858. The maximum atomic E-state index is 5.67. The van der Waals surface area contributed by atoms with Crippen LogP contribution in [0, 0.1) is 5.92 Å². The molecule has 1 saturated heterocycles. The van der Waals surface area contributed by atoms with E-state index in [4.69, 9.17) is 10.5 Å². The number of hydrogen-bond donors (Lipinski definition) is 1. The van der Waals surface area contributed by atoms with Crippen molar-refractivity contribution in [3.63, 3.8) is 0 Å². The van der Waals surface area contributed by atoms with Gasteiger partial charge in [0.05, 0.1) is 11.4 Å². The predicted octanol–water partition coefficient (Wildman–Crippen LogP) is 1.33. The highest BCUT2D eigenvalue weighted by molar-refractivity contribution is 5.17. The van der Waals surface area contributed by atoms with E-state index in [-0.39, 0.29) is 0 Å². The van der Waals surface area contributed by atoms with E-state index in [2.05, 4.69) is 28.8 Å². The Kier molecular flexibility index (Phi) is 4.72. The first-order valence-electron chi connectivity index (χ1n) is 6.92. The second-order valence-electron chi connectivity index (χ2n) is 5.42. The Morgan fingerprint density at radius 3 is 2.72 bits per heavy atom. The number of aromatic nitrogens is 3. The van der Waals surface area contributed by atoms with Gasteiger partial charge in [0, 0.05) is 32.1 Å². The Morgan fingerprint density at radius 1 is 1.39 bits per heavy atom. The molecule has 0 unspecified atom stereocenters. The fourth-order valence-corrected chi connectivity index (χ4v) is 2.57. The second-order valence-corrected chi connectivity index (χ2v) is 5.42. The maximum absolute atomic E-state index is 5.67. The number of ether oxygens (including phenoxy) is 1. The van der Waals surface area contributed by atoms with Crippen LogP contribution in [0.5, 0.6) is 0 Å². The third kappa shape index (κ3) is 3.09. The van der Waals surface area contributed by atoms with Crippen LogP contribution in [0.2, 0.25) is 0 Å². The summed E-state index contributed by atoms with van der Waals surface area (Å²) in [5, 5.41) is 8.65. The molecule has 2 N–H and O–H groups in total. The third-order valence-electron chi connectivity index (χ3n) is 3.37. The Morgan fingerprint density at radius 2 is 2.11 bits per heavy atom. The van der Waals surface area contributed by atoms with Gasteiger partial charge in [0.15, 0.2) is 0 Å². The summed E-state index contributed by atoms with van der Waals surface area (Å²) >= 11 is 0. The molecule has 5 heteroatoms. The van der Waals surface area contributed by atoms with E-state index < -0.39 is 0 Å². The molecule has 0 spiro atoms. The summed E-state index contributed by atoms with van der Waals surface area (Å²) in [5.41, 5.74) is 8.06. The van der Waals surface area contributed by atoms with Crippen LogP contribution in [0.1, 0.15) is 44.0 Å². The molecular formula is C13H24N4O. The molecule has 102 valence electrons. The molecule has 0 atom stereocenters. The Balaban J connectivity index is 2.23. The highest BCUT2D eigenvalue weighted by atomic mass is 16.5. The average molecular weight is 252 g/mol. The molecule has 0 aromatic carbocycles. The normalized spacial score (nSPS) is 17.6. The zero-order valence-corrected chi connectivity index (χ0v) is 11.4. The van der Waals surface area contributed by atoms with E-state index >= 15 is 0 Å². The predicted molar refractivity (Wildman–Crippen MR) is 70.4 cm³/mol. The summed E-state index contributed by atoms with van der Waals surface area (Å²) in [7, 11) is 0. The van der Waals surface area contributed by atoms with Crippen molar-refractivity contribution in [3.05, 3.63) is 11.4 Å². The minimum Gasteiger partial charge on any atom is -0.381 e. The van der Waals surface area contributed by atoms with Crippen LogP contribution < -0.4 is 5.73 Å². The van der Waals surface area contributed by atoms with Gasteiger partial charge in [-0.2, -0.15) is 0 Å². The molecular weight excluding hydrogens is 228 g/mol. The van der Waals surface area contributed by atoms with Crippen molar-refractivity contribution in [1.29, 1.82) is 0 Å². The summed E-state index contributed by atoms with van der Waals surface area (Å²) < 4.78 is 7.53. The summed E-state index contributed by atoms with van der Waals surface area (Å²) in [5.74, 6) is 1.12. The van der Waals surface area contributed by atoms with E-state index in [1.165, 1.54) is 5.69 Å². The molecule has 2 heterocycles. The van der Waals surface area contributed by atoms with Crippen molar-refractivity contribution in [2.24, 2.45) is 11.7 Å². The minimum absolute atomic E-state index is 0.536. The van der Waals surface area contributed by atoms with Gasteiger partial charge in [0.2, 0.25) is 0 Å². The van der Waals surface area contributed by atoms with Gasteiger partial charge in [-0.05, 0) is 25.3 Å². The molecule has 2 rings (SSSR count). The van der Waals surface area contributed by atoms with E-state index in [1.54, 1.807) is 0 Å². The largest absolute Gasteiger partial charge is 0.381 e. The van der Waals surface area contributed by atoms with Crippen LogP contribution in [-0.4, -0.2) is 34.8 Å². The molecule has 1 fully saturated rings. The highest BCUT2D eigenvalue weighted by Gasteiger charge is 2.24. The molecule has 1 aliphatic rings. The second kappa shape index (κ2) is 6.29.